The van der Waals surface area contributed by atoms with Gasteiger partial charge in [-0.2, -0.15) is 0 Å². The summed E-state index contributed by atoms with van der Waals surface area (Å²) in [7, 11) is 0. The van der Waals surface area contributed by atoms with Crippen molar-refractivity contribution >= 4 is 17.7 Å². The zero-order valence-corrected chi connectivity index (χ0v) is 10.8. The van der Waals surface area contributed by atoms with Crippen LogP contribution in [0.25, 0.3) is 0 Å². The molecule has 0 amide bonds. The second kappa shape index (κ2) is 5.56. The van der Waals surface area contributed by atoms with Gasteiger partial charge in [0.05, 0.1) is 13.0 Å². The van der Waals surface area contributed by atoms with Gasteiger partial charge in [-0.05, 0) is 12.5 Å². The number of thioether (sulfide) groups is 1. The third-order valence-electron chi connectivity index (χ3n) is 2.80. The average molecular weight is 251 g/mol. The number of hydrogen-bond acceptors (Lipinski definition) is 4. The molecule has 92 valence electrons. The van der Waals surface area contributed by atoms with Crippen LogP contribution in [0, 0.1) is 0 Å². The standard InChI is InChI=1S/C13H17NO2S/c1-2-16-12(15)10-13(14-8-9-17-13)11-6-4-3-5-7-11/h3-7,14H,2,8-10H2,1H3/t13-/m0/s1. The summed E-state index contributed by atoms with van der Waals surface area (Å²) < 4.78 is 5.06. The van der Waals surface area contributed by atoms with E-state index in [1.54, 1.807) is 11.8 Å². The SMILES string of the molecule is CCOC(=O)C[C@]1(c2ccccc2)NCCS1. The van der Waals surface area contributed by atoms with E-state index < -0.39 is 0 Å². The van der Waals surface area contributed by atoms with E-state index in [1.165, 1.54) is 0 Å². The Morgan fingerprint density at radius 2 is 2.24 bits per heavy atom. The fourth-order valence-corrected chi connectivity index (χ4v) is 3.33. The van der Waals surface area contributed by atoms with E-state index in [0.29, 0.717) is 13.0 Å². The predicted octanol–water partition coefficient (Wildman–Crippen LogP) is 2.13. The maximum absolute atomic E-state index is 11.7. The van der Waals surface area contributed by atoms with Crippen molar-refractivity contribution in [2.24, 2.45) is 0 Å². The monoisotopic (exact) mass is 251 g/mol. The minimum atomic E-state index is -0.298. The van der Waals surface area contributed by atoms with Gasteiger partial charge in [0.15, 0.2) is 0 Å². The molecular weight excluding hydrogens is 234 g/mol. The van der Waals surface area contributed by atoms with Crippen LogP contribution in [0.15, 0.2) is 30.3 Å². The first kappa shape index (κ1) is 12.5. The molecule has 2 rings (SSSR count). The Labute approximate surface area is 106 Å². The summed E-state index contributed by atoms with van der Waals surface area (Å²) >= 11 is 1.79. The lowest BCUT2D eigenvalue weighted by atomic mass is 10.0. The number of esters is 1. The summed E-state index contributed by atoms with van der Waals surface area (Å²) in [6, 6.07) is 10.1. The Morgan fingerprint density at radius 1 is 1.47 bits per heavy atom. The molecule has 0 aromatic heterocycles. The van der Waals surface area contributed by atoms with Gasteiger partial charge >= 0.3 is 5.97 Å². The molecule has 0 spiro atoms. The van der Waals surface area contributed by atoms with Crippen molar-refractivity contribution < 1.29 is 9.53 Å². The van der Waals surface area contributed by atoms with E-state index >= 15 is 0 Å². The van der Waals surface area contributed by atoms with Gasteiger partial charge in [0.2, 0.25) is 0 Å². The quantitative estimate of drug-likeness (QED) is 0.832. The minimum absolute atomic E-state index is 0.141. The Kier molecular flexibility index (Phi) is 4.07. The molecule has 1 N–H and O–H groups in total. The van der Waals surface area contributed by atoms with Crippen molar-refractivity contribution in [1.82, 2.24) is 5.32 Å². The van der Waals surface area contributed by atoms with Crippen LogP contribution in [0.3, 0.4) is 0 Å². The summed E-state index contributed by atoms with van der Waals surface area (Å²) in [5.74, 6) is 0.882. The second-order valence-corrected chi connectivity index (χ2v) is 5.34. The number of rotatable bonds is 4. The fraction of sp³-hybridized carbons (Fsp3) is 0.462. The van der Waals surface area contributed by atoms with Crippen molar-refractivity contribution in [3.05, 3.63) is 35.9 Å². The molecule has 0 saturated carbocycles. The van der Waals surface area contributed by atoms with E-state index in [0.717, 1.165) is 17.9 Å². The summed E-state index contributed by atoms with van der Waals surface area (Å²) in [6.45, 7) is 3.20. The molecule has 17 heavy (non-hydrogen) atoms. The first-order valence-electron chi connectivity index (χ1n) is 5.87. The van der Waals surface area contributed by atoms with E-state index in [4.69, 9.17) is 4.74 Å². The first-order chi connectivity index (χ1) is 8.27. The molecule has 1 aliphatic heterocycles. The smallest absolute Gasteiger partial charge is 0.308 e. The minimum Gasteiger partial charge on any atom is -0.466 e. The van der Waals surface area contributed by atoms with Gasteiger partial charge in [-0.3, -0.25) is 10.1 Å². The molecule has 4 heteroatoms. The molecular formula is C13H17NO2S. The molecule has 0 unspecified atom stereocenters. The second-order valence-electron chi connectivity index (χ2n) is 3.95. The predicted molar refractivity (Wildman–Crippen MR) is 69.8 cm³/mol. The lowest BCUT2D eigenvalue weighted by molar-refractivity contribution is -0.144. The molecule has 0 radical (unpaired) electrons. The van der Waals surface area contributed by atoms with Crippen LogP contribution in [0.2, 0.25) is 0 Å². The molecule has 1 aromatic rings. The highest BCUT2D eigenvalue weighted by Crippen LogP contribution is 2.40. The van der Waals surface area contributed by atoms with Crippen molar-refractivity contribution in [1.29, 1.82) is 0 Å². The highest BCUT2D eigenvalue weighted by molar-refractivity contribution is 8.00. The molecule has 1 aliphatic rings. The molecule has 0 aliphatic carbocycles. The van der Waals surface area contributed by atoms with Crippen molar-refractivity contribution in [2.45, 2.75) is 18.2 Å². The summed E-state index contributed by atoms with van der Waals surface area (Å²) in [5.41, 5.74) is 1.15. The van der Waals surface area contributed by atoms with E-state index in [1.807, 2.05) is 25.1 Å². The highest BCUT2D eigenvalue weighted by atomic mass is 32.2. The van der Waals surface area contributed by atoms with Crippen molar-refractivity contribution in [3.8, 4) is 0 Å². The molecule has 1 fully saturated rings. The van der Waals surface area contributed by atoms with Gasteiger partial charge in [0.25, 0.3) is 0 Å². The highest BCUT2D eigenvalue weighted by Gasteiger charge is 2.38. The topological polar surface area (TPSA) is 38.3 Å². The normalized spacial score (nSPS) is 23.6. The molecule has 1 aromatic carbocycles. The Hall–Kier alpha value is -1.00. The maximum Gasteiger partial charge on any atom is 0.308 e. The van der Waals surface area contributed by atoms with Gasteiger partial charge < -0.3 is 4.74 Å². The van der Waals surface area contributed by atoms with Gasteiger partial charge in [0, 0.05) is 12.3 Å². The van der Waals surface area contributed by atoms with Gasteiger partial charge in [0.1, 0.15) is 4.87 Å². The number of nitrogens with one attached hydrogen (secondary N) is 1. The van der Waals surface area contributed by atoms with Crippen LogP contribution in [0.1, 0.15) is 18.9 Å². The van der Waals surface area contributed by atoms with Gasteiger partial charge in [-0.15, -0.1) is 11.8 Å². The van der Waals surface area contributed by atoms with E-state index in [9.17, 15) is 4.79 Å². The lowest BCUT2D eigenvalue weighted by Gasteiger charge is -2.28. The van der Waals surface area contributed by atoms with E-state index in [-0.39, 0.29) is 10.8 Å². The maximum atomic E-state index is 11.7. The number of hydrogen-bond donors (Lipinski definition) is 1. The molecule has 1 heterocycles. The van der Waals surface area contributed by atoms with Crippen LogP contribution in [0.5, 0.6) is 0 Å². The van der Waals surface area contributed by atoms with Crippen molar-refractivity contribution in [2.75, 3.05) is 18.9 Å². The zero-order chi connectivity index (χ0) is 12.1. The van der Waals surface area contributed by atoms with Crippen LogP contribution in [-0.2, 0) is 14.4 Å². The number of ether oxygens (including phenoxy) is 1. The van der Waals surface area contributed by atoms with Crippen LogP contribution < -0.4 is 5.32 Å². The van der Waals surface area contributed by atoms with Crippen molar-refractivity contribution in [3.63, 3.8) is 0 Å². The molecule has 3 nitrogen and oxygen atoms in total. The third-order valence-corrected chi connectivity index (χ3v) is 4.23. The Balaban J connectivity index is 2.18. The van der Waals surface area contributed by atoms with Crippen LogP contribution in [-0.4, -0.2) is 24.9 Å². The van der Waals surface area contributed by atoms with E-state index in [2.05, 4.69) is 17.4 Å². The number of carbonyl (C=O) groups excluding carboxylic acids is 1. The fourth-order valence-electron chi connectivity index (χ4n) is 2.05. The zero-order valence-electron chi connectivity index (χ0n) is 9.94. The molecule has 0 bridgehead atoms. The number of carbonyl (C=O) groups is 1. The Morgan fingerprint density at radius 3 is 2.82 bits per heavy atom. The third kappa shape index (κ3) is 2.82. The average Bonchev–Trinajstić information content (AvgIpc) is 2.80. The van der Waals surface area contributed by atoms with Gasteiger partial charge in [-0.25, -0.2) is 0 Å². The largest absolute Gasteiger partial charge is 0.466 e. The molecule has 1 atom stereocenters. The summed E-state index contributed by atoms with van der Waals surface area (Å²) in [4.78, 5) is 11.4. The Bertz CT molecular complexity index is 374. The number of benzene rings is 1. The lowest BCUT2D eigenvalue weighted by Crippen LogP contribution is -2.37. The first-order valence-corrected chi connectivity index (χ1v) is 6.85. The van der Waals surface area contributed by atoms with Gasteiger partial charge in [-0.1, -0.05) is 30.3 Å². The van der Waals surface area contributed by atoms with Crippen LogP contribution in [0.4, 0.5) is 0 Å². The molecule has 1 saturated heterocycles. The van der Waals surface area contributed by atoms with Crippen LogP contribution >= 0.6 is 11.8 Å². The summed E-state index contributed by atoms with van der Waals surface area (Å²) in [6.07, 6.45) is 0.384. The summed E-state index contributed by atoms with van der Waals surface area (Å²) in [5, 5.41) is 3.44.